The van der Waals surface area contributed by atoms with E-state index >= 15 is 0 Å². The fourth-order valence-electron chi connectivity index (χ4n) is 2.27. The van der Waals surface area contributed by atoms with E-state index in [4.69, 9.17) is 4.74 Å². The summed E-state index contributed by atoms with van der Waals surface area (Å²) < 4.78 is 5.29. The van der Waals surface area contributed by atoms with E-state index in [0.29, 0.717) is 37.3 Å². The van der Waals surface area contributed by atoms with Gasteiger partial charge in [-0.15, -0.1) is 0 Å². The number of nitrogens with zero attached hydrogens (tertiary/aromatic N) is 1. The van der Waals surface area contributed by atoms with Crippen LogP contribution in [0.15, 0.2) is 18.2 Å². The van der Waals surface area contributed by atoms with Gasteiger partial charge in [-0.25, -0.2) is 0 Å². The molecule has 1 heterocycles. The number of nitro benzene ring substituents is 1. The number of anilines is 1. The summed E-state index contributed by atoms with van der Waals surface area (Å²) in [5, 5.41) is 23.7. The van der Waals surface area contributed by atoms with E-state index in [1.54, 1.807) is 19.1 Å². The van der Waals surface area contributed by atoms with Crippen molar-refractivity contribution in [3.8, 4) is 0 Å². The van der Waals surface area contributed by atoms with Crippen molar-refractivity contribution >= 4 is 11.4 Å². The number of rotatable bonds is 4. The Morgan fingerprint density at radius 3 is 2.74 bits per heavy atom. The molecule has 1 saturated heterocycles. The molecular weight excluding hydrogens is 248 g/mol. The molecule has 0 radical (unpaired) electrons. The number of benzene rings is 1. The predicted molar refractivity (Wildman–Crippen MR) is 71.3 cm³/mol. The van der Waals surface area contributed by atoms with Crippen molar-refractivity contribution in [1.29, 1.82) is 0 Å². The van der Waals surface area contributed by atoms with E-state index in [2.05, 4.69) is 5.32 Å². The van der Waals surface area contributed by atoms with Crippen LogP contribution in [0.1, 0.15) is 18.4 Å². The summed E-state index contributed by atoms with van der Waals surface area (Å²) in [5.74, 6) is 0. The van der Waals surface area contributed by atoms with Crippen LogP contribution < -0.4 is 5.32 Å². The number of nitro groups is 1. The van der Waals surface area contributed by atoms with Crippen molar-refractivity contribution in [1.82, 2.24) is 0 Å². The maximum atomic E-state index is 10.9. The number of ether oxygens (including phenoxy) is 1. The van der Waals surface area contributed by atoms with Gasteiger partial charge in [-0.05, 0) is 25.8 Å². The van der Waals surface area contributed by atoms with Crippen LogP contribution in [0.5, 0.6) is 0 Å². The molecule has 1 aromatic rings. The van der Waals surface area contributed by atoms with Crippen molar-refractivity contribution in [3.63, 3.8) is 0 Å². The van der Waals surface area contributed by atoms with Gasteiger partial charge in [0.25, 0.3) is 5.69 Å². The van der Waals surface area contributed by atoms with Gasteiger partial charge in [0.05, 0.1) is 17.1 Å². The molecule has 2 N–H and O–H groups in total. The summed E-state index contributed by atoms with van der Waals surface area (Å²) >= 11 is 0. The van der Waals surface area contributed by atoms with Gasteiger partial charge in [0.15, 0.2) is 0 Å². The van der Waals surface area contributed by atoms with Crippen LogP contribution in [0.4, 0.5) is 11.4 Å². The first-order valence-electron chi connectivity index (χ1n) is 6.28. The van der Waals surface area contributed by atoms with Crippen LogP contribution in [0.3, 0.4) is 0 Å². The van der Waals surface area contributed by atoms with E-state index in [-0.39, 0.29) is 12.3 Å². The van der Waals surface area contributed by atoms with Crippen molar-refractivity contribution in [2.45, 2.75) is 25.3 Å². The average Bonchev–Trinajstić information content (AvgIpc) is 2.42. The average molecular weight is 266 g/mol. The van der Waals surface area contributed by atoms with Gasteiger partial charge in [0, 0.05) is 30.5 Å². The first-order valence-corrected chi connectivity index (χ1v) is 6.28. The van der Waals surface area contributed by atoms with Crippen LogP contribution in [0, 0.1) is 17.0 Å². The van der Waals surface area contributed by atoms with Gasteiger partial charge in [-0.2, -0.15) is 0 Å². The molecular formula is C13H18N2O4. The highest BCUT2D eigenvalue weighted by Crippen LogP contribution is 2.29. The Morgan fingerprint density at radius 2 is 2.16 bits per heavy atom. The molecule has 1 aromatic carbocycles. The molecule has 0 aromatic heterocycles. The lowest BCUT2D eigenvalue weighted by Gasteiger charge is -2.37. The van der Waals surface area contributed by atoms with Gasteiger partial charge in [-0.1, -0.05) is 6.07 Å². The van der Waals surface area contributed by atoms with Gasteiger partial charge in [0.1, 0.15) is 0 Å². The van der Waals surface area contributed by atoms with Crippen LogP contribution in [-0.2, 0) is 4.74 Å². The van der Waals surface area contributed by atoms with Gasteiger partial charge < -0.3 is 15.2 Å². The molecule has 0 saturated carbocycles. The highest BCUT2D eigenvalue weighted by Gasteiger charge is 2.32. The summed E-state index contributed by atoms with van der Waals surface area (Å²) in [5.41, 5.74) is 0.931. The SMILES string of the molecule is Cc1ccc(NC2(CO)CCOCC2)cc1[N+](=O)[O-]. The van der Waals surface area contributed by atoms with E-state index < -0.39 is 10.5 Å². The smallest absolute Gasteiger partial charge is 0.274 e. The highest BCUT2D eigenvalue weighted by molar-refractivity contribution is 5.56. The molecule has 1 fully saturated rings. The van der Waals surface area contributed by atoms with Crippen LogP contribution in [0.25, 0.3) is 0 Å². The summed E-state index contributed by atoms with van der Waals surface area (Å²) in [6.07, 6.45) is 1.37. The third-order valence-corrected chi connectivity index (χ3v) is 3.57. The predicted octanol–water partition coefficient (Wildman–Crippen LogP) is 1.86. The van der Waals surface area contributed by atoms with Crippen LogP contribution >= 0.6 is 0 Å². The first-order chi connectivity index (χ1) is 9.06. The van der Waals surface area contributed by atoms with E-state index in [0.717, 1.165) is 0 Å². The second kappa shape index (κ2) is 5.54. The lowest BCUT2D eigenvalue weighted by molar-refractivity contribution is -0.385. The quantitative estimate of drug-likeness (QED) is 0.641. The zero-order valence-corrected chi connectivity index (χ0v) is 10.9. The Kier molecular flexibility index (Phi) is 4.01. The Labute approximate surface area is 111 Å². The number of aliphatic hydroxyl groups excluding tert-OH is 1. The summed E-state index contributed by atoms with van der Waals surface area (Å²) in [4.78, 5) is 10.5. The van der Waals surface area contributed by atoms with Gasteiger partial charge in [0.2, 0.25) is 0 Å². The van der Waals surface area contributed by atoms with Gasteiger partial charge in [-0.3, -0.25) is 10.1 Å². The molecule has 6 nitrogen and oxygen atoms in total. The van der Waals surface area contributed by atoms with E-state index in [9.17, 15) is 15.2 Å². The number of aryl methyl sites for hydroxylation is 1. The van der Waals surface area contributed by atoms with Crippen molar-refractivity contribution in [2.75, 3.05) is 25.1 Å². The van der Waals surface area contributed by atoms with E-state index in [1.165, 1.54) is 6.07 Å². The monoisotopic (exact) mass is 266 g/mol. The van der Waals surface area contributed by atoms with Crippen LogP contribution in [-0.4, -0.2) is 35.4 Å². The molecule has 0 spiro atoms. The summed E-state index contributed by atoms with van der Waals surface area (Å²) in [6, 6.07) is 5.03. The molecule has 0 unspecified atom stereocenters. The topological polar surface area (TPSA) is 84.6 Å². The molecule has 1 aliphatic rings. The van der Waals surface area contributed by atoms with Crippen molar-refractivity contribution in [2.24, 2.45) is 0 Å². The fraction of sp³-hybridized carbons (Fsp3) is 0.538. The van der Waals surface area contributed by atoms with Crippen LogP contribution in [0.2, 0.25) is 0 Å². The zero-order chi connectivity index (χ0) is 13.9. The normalized spacial score (nSPS) is 18.0. The fourth-order valence-corrected chi connectivity index (χ4v) is 2.27. The molecule has 19 heavy (non-hydrogen) atoms. The number of hydrogen-bond acceptors (Lipinski definition) is 5. The van der Waals surface area contributed by atoms with Crippen molar-refractivity contribution < 1.29 is 14.8 Å². The molecule has 0 amide bonds. The second-order valence-corrected chi connectivity index (χ2v) is 4.93. The lowest BCUT2D eigenvalue weighted by atomic mass is 9.90. The maximum Gasteiger partial charge on any atom is 0.274 e. The minimum Gasteiger partial charge on any atom is -0.394 e. The Hall–Kier alpha value is -1.66. The standard InChI is InChI=1S/C13H18N2O4/c1-10-2-3-11(8-12(10)15(17)18)14-13(9-16)4-6-19-7-5-13/h2-3,8,14,16H,4-7,9H2,1H3. The number of hydrogen-bond donors (Lipinski definition) is 2. The molecule has 0 aliphatic carbocycles. The maximum absolute atomic E-state index is 10.9. The van der Waals surface area contributed by atoms with Gasteiger partial charge >= 0.3 is 0 Å². The third-order valence-electron chi connectivity index (χ3n) is 3.57. The third kappa shape index (κ3) is 3.02. The summed E-state index contributed by atoms with van der Waals surface area (Å²) in [7, 11) is 0. The zero-order valence-electron chi connectivity index (χ0n) is 10.9. The second-order valence-electron chi connectivity index (χ2n) is 4.93. The molecule has 6 heteroatoms. The van der Waals surface area contributed by atoms with E-state index in [1.807, 2.05) is 0 Å². The molecule has 104 valence electrons. The highest BCUT2D eigenvalue weighted by atomic mass is 16.6. The number of nitrogens with one attached hydrogen (secondary N) is 1. The summed E-state index contributed by atoms with van der Waals surface area (Å²) in [6.45, 7) is 2.86. The largest absolute Gasteiger partial charge is 0.394 e. The Morgan fingerprint density at radius 1 is 1.47 bits per heavy atom. The van der Waals surface area contributed by atoms with Crippen molar-refractivity contribution in [3.05, 3.63) is 33.9 Å². The minimum absolute atomic E-state index is 0.0158. The molecule has 2 rings (SSSR count). The number of aliphatic hydroxyl groups is 1. The first kappa shape index (κ1) is 13.8. The molecule has 1 aliphatic heterocycles. The lowest BCUT2D eigenvalue weighted by Crippen LogP contribution is -2.46. The molecule has 0 bridgehead atoms. The Balaban J connectivity index is 2.22. The minimum atomic E-state index is -0.443. The Bertz CT molecular complexity index is 470. The molecule has 0 atom stereocenters.